The number of rotatable bonds is 5. The third-order valence-electron chi connectivity index (χ3n) is 3.79. The van der Waals surface area contributed by atoms with Crippen LogP contribution < -0.4 is 10.1 Å². The van der Waals surface area contributed by atoms with E-state index in [-0.39, 0.29) is 6.54 Å². The molecule has 0 radical (unpaired) electrons. The van der Waals surface area contributed by atoms with Gasteiger partial charge in [-0.15, -0.1) is 0 Å². The minimum Gasteiger partial charge on any atom is -0.481 e. The predicted octanol–water partition coefficient (Wildman–Crippen LogP) is 4.49. The molecule has 1 N–H and O–H groups in total. The molecule has 0 bridgehead atoms. The lowest BCUT2D eigenvalue weighted by atomic mass is 10.1. The van der Waals surface area contributed by atoms with E-state index in [1.807, 2.05) is 6.92 Å². The Morgan fingerprint density at radius 3 is 2.56 bits per heavy atom. The van der Waals surface area contributed by atoms with Crippen LogP contribution in [-0.2, 0) is 12.7 Å². The maximum absolute atomic E-state index is 12.8. The number of hydrogen-bond acceptors (Lipinski definition) is 5. The van der Waals surface area contributed by atoms with Crippen LogP contribution in [-0.4, -0.2) is 22.1 Å². The van der Waals surface area contributed by atoms with Gasteiger partial charge in [-0.2, -0.15) is 13.2 Å². The largest absolute Gasteiger partial charge is 0.481 e. The zero-order chi connectivity index (χ0) is 19.4. The first-order valence-electron chi connectivity index (χ1n) is 8.11. The number of hydrogen-bond donors (Lipinski definition) is 1. The first-order chi connectivity index (χ1) is 12.8. The molecule has 27 heavy (non-hydrogen) atoms. The van der Waals surface area contributed by atoms with Crippen LogP contribution in [0.25, 0.3) is 11.4 Å². The molecule has 8 heteroatoms. The number of pyridine rings is 1. The van der Waals surface area contributed by atoms with Gasteiger partial charge in [0, 0.05) is 36.1 Å². The maximum atomic E-state index is 12.8. The van der Waals surface area contributed by atoms with Crippen molar-refractivity contribution in [3.8, 4) is 17.3 Å². The lowest BCUT2D eigenvalue weighted by Crippen LogP contribution is -2.08. The molecular formula is C19H17F3N4O. The van der Waals surface area contributed by atoms with Gasteiger partial charge in [-0.05, 0) is 30.7 Å². The number of aryl methyl sites for hydroxylation is 1. The summed E-state index contributed by atoms with van der Waals surface area (Å²) in [5, 5.41) is 3.05. The van der Waals surface area contributed by atoms with Gasteiger partial charge in [0.15, 0.2) is 5.82 Å². The van der Waals surface area contributed by atoms with Gasteiger partial charge in [0.1, 0.15) is 5.82 Å². The van der Waals surface area contributed by atoms with Crippen molar-refractivity contribution >= 4 is 5.82 Å². The van der Waals surface area contributed by atoms with E-state index in [9.17, 15) is 13.2 Å². The van der Waals surface area contributed by atoms with E-state index in [1.54, 1.807) is 30.5 Å². The third kappa shape index (κ3) is 4.72. The molecule has 0 unspecified atom stereocenters. The monoisotopic (exact) mass is 374 g/mol. The van der Waals surface area contributed by atoms with E-state index in [4.69, 9.17) is 4.74 Å². The summed E-state index contributed by atoms with van der Waals surface area (Å²) in [6.07, 6.45) is -2.76. The maximum Gasteiger partial charge on any atom is 0.416 e. The topological polar surface area (TPSA) is 59.9 Å². The Morgan fingerprint density at radius 2 is 1.89 bits per heavy atom. The highest BCUT2D eigenvalue weighted by Crippen LogP contribution is 2.29. The Bertz CT molecular complexity index is 927. The Balaban J connectivity index is 1.78. The molecule has 2 aromatic heterocycles. The van der Waals surface area contributed by atoms with Gasteiger partial charge in [0.25, 0.3) is 0 Å². The second-order valence-corrected chi connectivity index (χ2v) is 5.86. The number of methoxy groups -OCH3 is 1. The van der Waals surface area contributed by atoms with Crippen LogP contribution in [0.1, 0.15) is 16.8 Å². The number of nitrogens with one attached hydrogen (secondary N) is 1. The van der Waals surface area contributed by atoms with Crippen LogP contribution in [0.15, 0.2) is 48.7 Å². The number of aromatic nitrogens is 3. The van der Waals surface area contributed by atoms with Crippen molar-refractivity contribution in [1.29, 1.82) is 0 Å². The standard InChI is InChI=1S/C19H17F3N4O/c1-12-8-16(23-10-13-4-3-5-15(9-13)19(20,21)22)26-18(25-12)14-6-7-17(27-2)24-11-14/h3-9,11H,10H2,1-2H3,(H,23,25,26). The summed E-state index contributed by atoms with van der Waals surface area (Å²) in [5.41, 5.74) is 1.27. The summed E-state index contributed by atoms with van der Waals surface area (Å²) in [6.45, 7) is 2.03. The van der Waals surface area contributed by atoms with Crippen molar-refractivity contribution < 1.29 is 17.9 Å². The highest BCUT2D eigenvalue weighted by Gasteiger charge is 2.30. The third-order valence-corrected chi connectivity index (χ3v) is 3.79. The number of anilines is 1. The SMILES string of the molecule is COc1ccc(-c2nc(C)cc(NCc3cccc(C(F)(F)F)c3)n2)cn1. The second kappa shape index (κ2) is 7.61. The van der Waals surface area contributed by atoms with Crippen LogP contribution in [0.5, 0.6) is 5.88 Å². The van der Waals surface area contributed by atoms with Crippen molar-refractivity contribution in [1.82, 2.24) is 15.0 Å². The Kier molecular flexibility index (Phi) is 5.25. The van der Waals surface area contributed by atoms with E-state index in [1.165, 1.54) is 13.2 Å². The molecule has 5 nitrogen and oxygen atoms in total. The van der Waals surface area contributed by atoms with Crippen molar-refractivity contribution in [2.45, 2.75) is 19.6 Å². The summed E-state index contributed by atoms with van der Waals surface area (Å²) in [5.74, 6) is 1.47. The first-order valence-corrected chi connectivity index (χ1v) is 8.11. The molecule has 0 aliphatic heterocycles. The lowest BCUT2D eigenvalue weighted by molar-refractivity contribution is -0.137. The number of ether oxygens (including phenoxy) is 1. The quantitative estimate of drug-likeness (QED) is 0.713. The number of nitrogens with zero attached hydrogens (tertiary/aromatic N) is 3. The summed E-state index contributed by atoms with van der Waals surface area (Å²) in [7, 11) is 1.53. The molecule has 140 valence electrons. The lowest BCUT2D eigenvalue weighted by Gasteiger charge is -2.11. The Labute approximate surface area is 154 Å². The Hall–Kier alpha value is -3.16. The molecular weight excluding hydrogens is 357 g/mol. The Morgan fingerprint density at radius 1 is 1.07 bits per heavy atom. The summed E-state index contributed by atoms with van der Waals surface area (Å²) < 4.78 is 43.5. The van der Waals surface area contributed by atoms with Crippen LogP contribution in [0.4, 0.5) is 19.0 Å². The molecule has 0 saturated heterocycles. The number of benzene rings is 1. The van der Waals surface area contributed by atoms with E-state index in [2.05, 4.69) is 20.3 Å². The van der Waals surface area contributed by atoms with Gasteiger partial charge >= 0.3 is 6.18 Å². The highest BCUT2D eigenvalue weighted by atomic mass is 19.4. The molecule has 3 aromatic rings. The van der Waals surface area contributed by atoms with Gasteiger partial charge < -0.3 is 10.1 Å². The minimum atomic E-state index is -4.37. The summed E-state index contributed by atoms with van der Waals surface area (Å²) in [6, 6.07) is 10.4. The average molecular weight is 374 g/mol. The number of halogens is 3. The molecule has 0 amide bonds. The van der Waals surface area contributed by atoms with Crippen LogP contribution in [0.3, 0.4) is 0 Å². The number of alkyl halides is 3. The van der Waals surface area contributed by atoms with Crippen molar-refractivity contribution in [3.63, 3.8) is 0 Å². The van der Waals surface area contributed by atoms with Crippen molar-refractivity contribution in [2.75, 3.05) is 12.4 Å². The van der Waals surface area contributed by atoms with Gasteiger partial charge in [-0.25, -0.2) is 15.0 Å². The van der Waals surface area contributed by atoms with E-state index >= 15 is 0 Å². The van der Waals surface area contributed by atoms with E-state index in [0.717, 1.165) is 17.8 Å². The predicted molar refractivity (Wildman–Crippen MR) is 95.3 cm³/mol. The zero-order valence-electron chi connectivity index (χ0n) is 14.7. The fourth-order valence-electron chi connectivity index (χ4n) is 2.47. The zero-order valence-corrected chi connectivity index (χ0v) is 14.7. The molecule has 0 aliphatic carbocycles. The molecule has 3 rings (SSSR count). The second-order valence-electron chi connectivity index (χ2n) is 5.86. The molecule has 0 fully saturated rings. The summed E-state index contributed by atoms with van der Waals surface area (Å²) in [4.78, 5) is 12.9. The van der Waals surface area contributed by atoms with Gasteiger partial charge in [0.2, 0.25) is 5.88 Å². The fraction of sp³-hybridized carbons (Fsp3) is 0.211. The molecule has 0 atom stereocenters. The molecule has 0 saturated carbocycles. The minimum absolute atomic E-state index is 0.209. The smallest absolute Gasteiger partial charge is 0.416 e. The average Bonchev–Trinajstić information content (AvgIpc) is 2.65. The van der Waals surface area contributed by atoms with Crippen LogP contribution in [0, 0.1) is 6.92 Å². The van der Waals surface area contributed by atoms with Crippen LogP contribution in [0.2, 0.25) is 0 Å². The van der Waals surface area contributed by atoms with Gasteiger partial charge in [0.05, 0.1) is 12.7 Å². The molecule has 0 aliphatic rings. The van der Waals surface area contributed by atoms with E-state index < -0.39 is 11.7 Å². The first kappa shape index (κ1) is 18.6. The normalized spacial score (nSPS) is 11.3. The van der Waals surface area contributed by atoms with Crippen LogP contribution >= 0.6 is 0 Å². The highest BCUT2D eigenvalue weighted by molar-refractivity contribution is 5.57. The fourth-order valence-corrected chi connectivity index (χ4v) is 2.47. The van der Waals surface area contributed by atoms with E-state index in [0.29, 0.717) is 28.6 Å². The van der Waals surface area contributed by atoms with Gasteiger partial charge in [-0.1, -0.05) is 12.1 Å². The van der Waals surface area contributed by atoms with Crippen molar-refractivity contribution in [3.05, 3.63) is 65.5 Å². The molecule has 2 heterocycles. The molecule has 0 spiro atoms. The molecule has 1 aromatic carbocycles. The van der Waals surface area contributed by atoms with Gasteiger partial charge in [-0.3, -0.25) is 0 Å². The summed E-state index contributed by atoms with van der Waals surface area (Å²) >= 11 is 0. The van der Waals surface area contributed by atoms with Crippen molar-refractivity contribution in [2.24, 2.45) is 0 Å².